The van der Waals surface area contributed by atoms with Crippen LogP contribution in [0.4, 0.5) is 17.1 Å². The van der Waals surface area contributed by atoms with Crippen molar-refractivity contribution in [2.45, 2.75) is 5.41 Å². The second-order valence-electron chi connectivity index (χ2n) is 16.4. The van der Waals surface area contributed by atoms with E-state index in [0.717, 1.165) is 17.1 Å². The molecule has 0 fully saturated rings. The molecule has 2 aliphatic carbocycles. The number of hydrogen-bond donors (Lipinski definition) is 0. The number of rotatable bonds is 7. The SMILES string of the molecule is c1ccc(-c2ccc(-c3ccc4c(c3)C3(c5ccccc5-c5ccccc53)c3cc(N(c5ccc(-c6ccccc6)cc5)c5ccccc5-c5ccccc5)ccc3-4)cc2)cc1. The van der Waals surface area contributed by atoms with E-state index in [4.69, 9.17) is 0 Å². The van der Waals surface area contributed by atoms with Gasteiger partial charge < -0.3 is 4.90 Å². The molecule has 0 radical (unpaired) electrons. The monoisotopic (exact) mass is 787 g/mol. The Balaban J connectivity index is 1.08. The van der Waals surface area contributed by atoms with Gasteiger partial charge in [-0.3, -0.25) is 0 Å². The summed E-state index contributed by atoms with van der Waals surface area (Å²) in [5.41, 5.74) is 22.9. The standard InChI is InChI=1S/C61H41N/c1-4-16-42(17-5-1)44-28-30-46(31-29-44)48-34-38-54-55-39-37-50(41-59(55)61(58(54)40-48)56-25-13-10-23-52(56)53-24-11-14-26-57(53)61)62(49-35-32-45(33-36-49)43-18-6-2-7-19-43)60-27-15-12-22-51(60)47-20-8-3-9-21-47/h1-41H. The van der Waals surface area contributed by atoms with Crippen LogP contribution in [0.15, 0.2) is 249 Å². The lowest BCUT2D eigenvalue weighted by atomic mass is 9.70. The molecule has 0 saturated carbocycles. The van der Waals surface area contributed by atoms with Crippen LogP contribution in [0.1, 0.15) is 22.3 Å². The highest BCUT2D eigenvalue weighted by molar-refractivity contribution is 5.98. The van der Waals surface area contributed by atoms with E-state index in [-0.39, 0.29) is 0 Å². The summed E-state index contributed by atoms with van der Waals surface area (Å²) >= 11 is 0. The fraction of sp³-hybridized carbons (Fsp3) is 0.0164. The third kappa shape index (κ3) is 5.63. The molecule has 0 unspecified atom stereocenters. The number of para-hydroxylation sites is 1. The van der Waals surface area contributed by atoms with E-state index in [1.165, 1.54) is 89.0 Å². The molecule has 0 atom stereocenters. The number of anilines is 3. The van der Waals surface area contributed by atoms with Gasteiger partial charge in [-0.2, -0.15) is 0 Å². The first-order chi connectivity index (χ1) is 30.8. The zero-order chi connectivity index (χ0) is 41.0. The van der Waals surface area contributed by atoms with Crippen LogP contribution in [0.5, 0.6) is 0 Å². The predicted octanol–water partition coefficient (Wildman–Crippen LogP) is 16.2. The largest absolute Gasteiger partial charge is 0.310 e. The van der Waals surface area contributed by atoms with Crippen LogP contribution in [0.3, 0.4) is 0 Å². The van der Waals surface area contributed by atoms with Gasteiger partial charge in [0.1, 0.15) is 0 Å². The van der Waals surface area contributed by atoms with Crippen LogP contribution >= 0.6 is 0 Å². The Morgan fingerprint density at radius 1 is 0.226 bits per heavy atom. The van der Waals surface area contributed by atoms with Crippen molar-refractivity contribution in [1.82, 2.24) is 0 Å². The van der Waals surface area contributed by atoms with Gasteiger partial charge >= 0.3 is 0 Å². The molecule has 0 aliphatic heterocycles. The molecule has 0 saturated heterocycles. The van der Waals surface area contributed by atoms with Gasteiger partial charge in [-0.15, -0.1) is 0 Å². The molecule has 62 heavy (non-hydrogen) atoms. The predicted molar refractivity (Wildman–Crippen MR) is 259 cm³/mol. The van der Waals surface area contributed by atoms with E-state index < -0.39 is 5.41 Å². The first kappa shape index (κ1) is 35.9. The van der Waals surface area contributed by atoms with Crippen LogP contribution in [0.25, 0.3) is 66.8 Å². The minimum Gasteiger partial charge on any atom is -0.310 e. The summed E-state index contributed by atoms with van der Waals surface area (Å²) in [7, 11) is 0. The van der Waals surface area contributed by atoms with Crippen molar-refractivity contribution < 1.29 is 0 Å². The van der Waals surface area contributed by atoms with Crippen LogP contribution in [0, 0.1) is 0 Å². The van der Waals surface area contributed by atoms with Crippen LogP contribution in [0.2, 0.25) is 0 Å². The first-order valence-corrected chi connectivity index (χ1v) is 21.5. The minimum atomic E-state index is -0.518. The Hall–Kier alpha value is -8.00. The van der Waals surface area contributed by atoms with Crippen molar-refractivity contribution in [2.24, 2.45) is 0 Å². The molecular weight excluding hydrogens is 747 g/mol. The summed E-state index contributed by atoms with van der Waals surface area (Å²) in [4.78, 5) is 2.46. The summed E-state index contributed by atoms with van der Waals surface area (Å²) < 4.78 is 0. The van der Waals surface area contributed by atoms with Gasteiger partial charge in [0.25, 0.3) is 0 Å². The van der Waals surface area contributed by atoms with Crippen LogP contribution < -0.4 is 4.90 Å². The quantitative estimate of drug-likeness (QED) is 0.155. The van der Waals surface area contributed by atoms with E-state index in [2.05, 4.69) is 254 Å². The molecule has 0 amide bonds. The maximum absolute atomic E-state index is 2.50. The molecule has 0 N–H and O–H groups in total. The molecule has 10 aromatic carbocycles. The van der Waals surface area contributed by atoms with Gasteiger partial charge in [0.05, 0.1) is 11.1 Å². The number of benzene rings is 10. The smallest absolute Gasteiger partial charge is 0.0726 e. The molecule has 0 aromatic heterocycles. The van der Waals surface area contributed by atoms with Crippen molar-refractivity contribution in [3.05, 3.63) is 271 Å². The van der Waals surface area contributed by atoms with Crippen molar-refractivity contribution in [3.8, 4) is 66.8 Å². The lowest BCUT2D eigenvalue weighted by Gasteiger charge is -2.33. The zero-order valence-corrected chi connectivity index (χ0v) is 34.1. The Morgan fingerprint density at radius 2 is 0.597 bits per heavy atom. The highest BCUT2D eigenvalue weighted by atomic mass is 15.1. The molecule has 1 spiro atoms. The molecule has 12 rings (SSSR count). The summed E-state index contributed by atoms with van der Waals surface area (Å²) in [6.45, 7) is 0. The minimum absolute atomic E-state index is 0.518. The van der Waals surface area contributed by atoms with E-state index in [0.29, 0.717) is 0 Å². The average molecular weight is 788 g/mol. The second-order valence-corrected chi connectivity index (χ2v) is 16.4. The van der Waals surface area contributed by atoms with Gasteiger partial charge in [0.2, 0.25) is 0 Å². The lowest BCUT2D eigenvalue weighted by molar-refractivity contribution is 0.794. The second kappa shape index (κ2) is 14.6. The van der Waals surface area contributed by atoms with Gasteiger partial charge in [0, 0.05) is 16.9 Å². The van der Waals surface area contributed by atoms with Gasteiger partial charge in [-0.25, -0.2) is 0 Å². The molecule has 290 valence electrons. The molecular formula is C61H41N. The maximum atomic E-state index is 2.50. The lowest BCUT2D eigenvalue weighted by Crippen LogP contribution is -2.26. The molecule has 10 aromatic rings. The van der Waals surface area contributed by atoms with Crippen molar-refractivity contribution >= 4 is 17.1 Å². The van der Waals surface area contributed by atoms with Crippen molar-refractivity contribution in [1.29, 1.82) is 0 Å². The molecule has 2 aliphatic rings. The number of nitrogens with zero attached hydrogens (tertiary/aromatic N) is 1. The Kier molecular flexibility index (Phi) is 8.47. The summed E-state index contributed by atoms with van der Waals surface area (Å²) in [6, 6.07) is 91.5. The number of hydrogen-bond acceptors (Lipinski definition) is 1. The van der Waals surface area contributed by atoms with Gasteiger partial charge in [-0.1, -0.05) is 212 Å². The number of fused-ring (bicyclic) bond motifs is 10. The fourth-order valence-corrected chi connectivity index (χ4v) is 10.3. The third-order valence-electron chi connectivity index (χ3n) is 13.1. The van der Waals surface area contributed by atoms with E-state index in [1.807, 2.05) is 0 Å². The Morgan fingerprint density at radius 3 is 1.18 bits per heavy atom. The van der Waals surface area contributed by atoms with Crippen molar-refractivity contribution in [3.63, 3.8) is 0 Å². The average Bonchev–Trinajstić information content (AvgIpc) is 3.82. The van der Waals surface area contributed by atoms with Crippen LogP contribution in [-0.4, -0.2) is 0 Å². The Bertz CT molecular complexity index is 3210. The van der Waals surface area contributed by atoms with Crippen molar-refractivity contribution in [2.75, 3.05) is 4.90 Å². The van der Waals surface area contributed by atoms with Crippen LogP contribution in [-0.2, 0) is 5.41 Å². The topological polar surface area (TPSA) is 3.24 Å². The fourth-order valence-electron chi connectivity index (χ4n) is 10.3. The summed E-state index contributed by atoms with van der Waals surface area (Å²) in [5, 5.41) is 0. The van der Waals surface area contributed by atoms with Gasteiger partial charge in [0.15, 0.2) is 0 Å². The summed E-state index contributed by atoms with van der Waals surface area (Å²) in [5.74, 6) is 0. The first-order valence-electron chi connectivity index (χ1n) is 21.5. The molecule has 1 heteroatoms. The molecule has 1 nitrogen and oxygen atoms in total. The normalized spacial score (nSPS) is 12.6. The van der Waals surface area contributed by atoms with E-state index in [1.54, 1.807) is 0 Å². The highest BCUT2D eigenvalue weighted by Gasteiger charge is 2.52. The Labute approximate surface area is 363 Å². The van der Waals surface area contributed by atoms with E-state index >= 15 is 0 Å². The zero-order valence-electron chi connectivity index (χ0n) is 34.1. The van der Waals surface area contributed by atoms with Gasteiger partial charge in [-0.05, 0) is 120 Å². The van der Waals surface area contributed by atoms with E-state index in [9.17, 15) is 0 Å². The molecule has 0 heterocycles. The highest BCUT2D eigenvalue weighted by Crippen LogP contribution is 2.64. The third-order valence-corrected chi connectivity index (χ3v) is 13.1. The molecule has 0 bridgehead atoms. The maximum Gasteiger partial charge on any atom is 0.0726 e. The summed E-state index contributed by atoms with van der Waals surface area (Å²) in [6.07, 6.45) is 0.